The quantitative estimate of drug-likeness (QED) is 0.649. The van der Waals surface area contributed by atoms with Crippen LogP contribution in [0.4, 0.5) is 0 Å². The van der Waals surface area contributed by atoms with E-state index in [1.807, 2.05) is 6.07 Å². The van der Waals surface area contributed by atoms with Crippen LogP contribution in [0.15, 0.2) is 53.9 Å². The third-order valence-corrected chi connectivity index (χ3v) is 4.56. The molecule has 0 radical (unpaired) electrons. The Balaban J connectivity index is 1.48. The number of piperidine rings is 1. The molecular weight excluding hydrogens is 344 g/mol. The predicted molar refractivity (Wildman–Crippen MR) is 102 cm³/mol. The normalized spacial score (nSPS) is 14.9. The number of aromatic nitrogens is 1. The fourth-order valence-corrected chi connectivity index (χ4v) is 2.97. The molecule has 27 heavy (non-hydrogen) atoms. The highest BCUT2D eigenvalue weighted by Crippen LogP contribution is 2.20. The van der Waals surface area contributed by atoms with Crippen molar-refractivity contribution in [3.63, 3.8) is 0 Å². The standard InChI is InChI=1S/C20H22N4O3/c1-27-18-6-4-17(5-7-18)20(26)24-11-8-16(9-12-24)19(25)23-22-14-15-3-2-10-21-13-15/h2-7,10,13-14,16H,8-9,11-12H2,1H3,(H,23,25)/b22-14-. The van der Waals surface area contributed by atoms with Crippen molar-refractivity contribution in [1.29, 1.82) is 0 Å². The molecule has 0 bridgehead atoms. The summed E-state index contributed by atoms with van der Waals surface area (Å²) >= 11 is 0. The number of benzene rings is 1. The Morgan fingerprint density at radius 3 is 2.59 bits per heavy atom. The van der Waals surface area contributed by atoms with Crippen molar-refractivity contribution in [2.45, 2.75) is 12.8 Å². The number of nitrogens with one attached hydrogen (secondary N) is 1. The Bertz CT molecular complexity index is 798. The third-order valence-electron chi connectivity index (χ3n) is 4.56. The van der Waals surface area contributed by atoms with Gasteiger partial charge in [-0.2, -0.15) is 5.10 Å². The second-order valence-corrected chi connectivity index (χ2v) is 6.32. The average Bonchev–Trinajstić information content (AvgIpc) is 2.74. The van der Waals surface area contributed by atoms with Gasteiger partial charge < -0.3 is 9.64 Å². The lowest BCUT2D eigenvalue weighted by Crippen LogP contribution is -2.42. The topological polar surface area (TPSA) is 83.9 Å². The largest absolute Gasteiger partial charge is 0.497 e. The number of carbonyl (C=O) groups excluding carboxylic acids is 2. The fourth-order valence-electron chi connectivity index (χ4n) is 2.97. The van der Waals surface area contributed by atoms with E-state index >= 15 is 0 Å². The maximum Gasteiger partial charge on any atom is 0.253 e. The number of nitrogens with zero attached hydrogens (tertiary/aromatic N) is 3. The molecule has 7 heteroatoms. The Morgan fingerprint density at radius 1 is 1.22 bits per heavy atom. The maximum atomic E-state index is 12.6. The highest BCUT2D eigenvalue weighted by Gasteiger charge is 2.27. The Kier molecular flexibility index (Phi) is 6.14. The maximum absolute atomic E-state index is 12.6. The minimum absolute atomic E-state index is 0.0221. The van der Waals surface area contributed by atoms with E-state index in [1.165, 1.54) is 0 Å². The van der Waals surface area contributed by atoms with Crippen LogP contribution in [0.25, 0.3) is 0 Å². The van der Waals surface area contributed by atoms with Crippen molar-refractivity contribution >= 4 is 18.0 Å². The number of likely N-dealkylation sites (tertiary alicyclic amines) is 1. The van der Waals surface area contributed by atoms with Crippen LogP contribution in [0.2, 0.25) is 0 Å². The van der Waals surface area contributed by atoms with E-state index in [1.54, 1.807) is 60.9 Å². The van der Waals surface area contributed by atoms with Crippen LogP contribution in [0, 0.1) is 5.92 Å². The molecule has 140 valence electrons. The monoisotopic (exact) mass is 366 g/mol. The smallest absolute Gasteiger partial charge is 0.253 e. The number of hydrazone groups is 1. The number of ether oxygens (including phenoxy) is 1. The van der Waals surface area contributed by atoms with Gasteiger partial charge in [-0.3, -0.25) is 14.6 Å². The van der Waals surface area contributed by atoms with Gasteiger partial charge in [0.25, 0.3) is 5.91 Å². The molecule has 0 saturated carbocycles. The van der Waals surface area contributed by atoms with Gasteiger partial charge in [-0.05, 0) is 43.2 Å². The predicted octanol–water partition coefficient (Wildman–Crippen LogP) is 2.09. The molecule has 7 nitrogen and oxygen atoms in total. The van der Waals surface area contributed by atoms with Gasteiger partial charge in [0, 0.05) is 42.5 Å². The SMILES string of the molecule is COc1ccc(C(=O)N2CCC(C(=O)N/N=C\c3cccnc3)CC2)cc1. The molecular formula is C20H22N4O3. The fraction of sp³-hybridized carbons (Fsp3) is 0.300. The highest BCUT2D eigenvalue weighted by molar-refractivity contribution is 5.94. The van der Waals surface area contributed by atoms with Crippen LogP contribution in [-0.2, 0) is 4.79 Å². The molecule has 1 aliphatic heterocycles. The van der Waals surface area contributed by atoms with Gasteiger partial charge in [-0.15, -0.1) is 0 Å². The summed E-state index contributed by atoms with van der Waals surface area (Å²) in [5.74, 6) is 0.433. The van der Waals surface area contributed by atoms with Crippen LogP contribution < -0.4 is 10.2 Å². The number of methoxy groups -OCH3 is 1. The Hall–Kier alpha value is -3.22. The molecule has 1 aromatic heterocycles. The summed E-state index contributed by atoms with van der Waals surface area (Å²) in [6.07, 6.45) is 6.15. The van der Waals surface area contributed by atoms with Crippen LogP contribution in [0.3, 0.4) is 0 Å². The van der Waals surface area contributed by atoms with Gasteiger partial charge in [-0.1, -0.05) is 6.07 Å². The van der Waals surface area contributed by atoms with Gasteiger partial charge >= 0.3 is 0 Å². The molecule has 2 amide bonds. The highest BCUT2D eigenvalue weighted by atomic mass is 16.5. The molecule has 1 aliphatic rings. The summed E-state index contributed by atoms with van der Waals surface area (Å²) in [5.41, 5.74) is 4.02. The minimum atomic E-state index is -0.143. The van der Waals surface area contributed by atoms with Crippen molar-refractivity contribution in [3.05, 3.63) is 59.9 Å². The molecule has 0 aliphatic carbocycles. The summed E-state index contributed by atoms with van der Waals surface area (Å²) in [6, 6.07) is 10.7. The van der Waals surface area contributed by atoms with Gasteiger partial charge in [0.05, 0.1) is 13.3 Å². The third kappa shape index (κ3) is 4.91. The molecule has 2 heterocycles. The number of carbonyl (C=O) groups is 2. The molecule has 1 aromatic carbocycles. The van der Waals surface area contributed by atoms with E-state index in [-0.39, 0.29) is 17.7 Å². The van der Waals surface area contributed by atoms with E-state index in [4.69, 9.17) is 4.74 Å². The summed E-state index contributed by atoms with van der Waals surface area (Å²) in [5, 5.41) is 3.98. The molecule has 0 atom stereocenters. The minimum Gasteiger partial charge on any atom is -0.497 e. The summed E-state index contributed by atoms with van der Waals surface area (Å²) in [7, 11) is 1.59. The summed E-state index contributed by atoms with van der Waals surface area (Å²) in [6.45, 7) is 1.10. The van der Waals surface area contributed by atoms with E-state index < -0.39 is 0 Å². The van der Waals surface area contributed by atoms with E-state index in [0.29, 0.717) is 37.2 Å². The summed E-state index contributed by atoms with van der Waals surface area (Å²) in [4.78, 5) is 30.6. The average molecular weight is 366 g/mol. The zero-order valence-electron chi connectivity index (χ0n) is 15.2. The number of hydrogen-bond donors (Lipinski definition) is 1. The van der Waals surface area contributed by atoms with Crippen molar-refractivity contribution in [2.75, 3.05) is 20.2 Å². The molecule has 3 rings (SSSR count). The molecule has 2 aromatic rings. The zero-order chi connectivity index (χ0) is 19.1. The van der Waals surface area contributed by atoms with Crippen LogP contribution >= 0.6 is 0 Å². The number of pyridine rings is 1. The van der Waals surface area contributed by atoms with Crippen LogP contribution in [0.1, 0.15) is 28.8 Å². The molecule has 1 saturated heterocycles. The Labute approximate surface area is 158 Å². The second-order valence-electron chi connectivity index (χ2n) is 6.32. The first kappa shape index (κ1) is 18.6. The number of hydrogen-bond acceptors (Lipinski definition) is 5. The van der Waals surface area contributed by atoms with Crippen molar-refractivity contribution in [2.24, 2.45) is 11.0 Å². The van der Waals surface area contributed by atoms with Gasteiger partial charge in [0.15, 0.2) is 0 Å². The molecule has 0 spiro atoms. The van der Waals surface area contributed by atoms with Crippen LogP contribution in [-0.4, -0.2) is 48.1 Å². The van der Waals surface area contributed by atoms with E-state index in [9.17, 15) is 9.59 Å². The first-order valence-electron chi connectivity index (χ1n) is 8.83. The van der Waals surface area contributed by atoms with Crippen molar-refractivity contribution in [3.8, 4) is 5.75 Å². The van der Waals surface area contributed by atoms with Crippen LogP contribution in [0.5, 0.6) is 5.75 Å². The number of rotatable bonds is 5. The van der Waals surface area contributed by atoms with Gasteiger partial charge in [0.1, 0.15) is 5.75 Å². The lowest BCUT2D eigenvalue weighted by molar-refractivity contribution is -0.126. The first-order valence-corrected chi connectivity index (χ1v) is 8.83. The molecule has 0 unspecified atom stereocenters. The molecule has 1 fully saturated rings. The van der Waals surface area contributed by atoms with Crippen molar-refractivity contribution in [1.82, 2.24) is 15.3 Å². The first-order chi connectivity index (χ1) is 13.2. The number of amides is 2. The van der Waals surface area contributed by atoms with Gasteiger partial charge in [0.2, 0.25) is 5.91 Å². The lowest BCUT2D eigenvalue weighted by atomic mass is 9.95. The second kappa shape index (κ2) is 8.93. The Morgan fingerprint density at radius 2 is 1.96 bits per heavy atom. The molecule has 1 N–H and O–H groups in total. The summed E-state index contributed by atoms with van der Waals surface area (Å²) < 4.78 is 5.11. The van der Waals surface area contributed by atoms with Crippen molar-refractivity contribution < 1.29 is 14.3 Å². The lowest BCUT2D eigenvalue weighted by Gasteiger charge is -2.31. The van der Waals surface area contributed by atoms with E-state index in [2.05, 4.69) is 15.5 Å². The van der Waals surface area contributed by atoms with E-state index in [0.717, 1.165) is 5.56 Å². The van der Waals surface area contributed by atoms with Gasteiger partial charge in [-0.25, -0.2) is 5.43 Å². The zero-order valence-corrected chi connectivity index (χ0v) is 15.2.